The SMILES string of the molecule is Cc1csc(-c2c(N)nsc2N2CC(C)OCC2C)n1. The van der Waals surface area contributed by atoms with E-state index < -0.39 is 0 Å². The van der Waals surface area contributed by atoms with Crippen LogP contribution < -0.4 is 10.6 Å². The van der Waals surface area contributed by atoms with Crippen LogP contribution in [0.25, 0.3) is 10.6 Å². The lowest BCUT2D eigenvalue weighted by atomic mass is 10.2. The normalized spacial score (nSPS) is 23.2. The number of nitrogens with zero attached hydrogens (tertiary/aromatic N) is 3. The van der Waals surface area contributed by atoms with E-state index in [-0.39, 0.29) is 6.10 Å². The zero-order valence-electron chi connectivity index (χ0n) is 11.8. The molecule has 2 aromatic rings. The van der Waals surface area contributed by atoms with Crippen LogP contribution in [0.1, 0.15) is 19.5 Å². The summed E-state index contributed by atoms with van der Waals surface area (Å²) in [6.07, 6.45) is 0.223. The summed E-state index contributed by atoms with van der Waals surface area (Å²) in [4.78, 5) is 6.90. The van der Waals surface area contributed by atoms with Gasteiger partial charge in [0, 0.05) is 17.6 Å². The monoisotopic (exact) mass is 310 g/mol. The molecule has 1 aliphatic heterocycles. The highest BCUT2D eigenvalue weighted by Crippen LogP contribution is 2.42. The molecule has 2 atom stereocenters. The molecule has 0 radical (unpaired) electrons. The van der Waals surface area contributed by atoms with Crippen LogP contribution in [-0.4, -0.2) is 34.7 Å². The van der Waals surface area contributed by atoms with Crippen molar-refractivity contribution in [1.82, 2.24) is 9.36 Å². The molecule has 2 N–H and O–H groups in total. The van der Waals surface area contributed by atoms with Crippen molar-refractivity contribution in [2.45, 2.75) is 32.9 Å². The number of ether oxygens (including phenoxy) is 1. The Morgan fingerprint density at radius 1 is 1.45 bits per heavy atom. The van der Waals surface area contributed by atoms with Crippen molar-refractivity contribution in [3.05, 3.63) is 11.1 Å². The first-order chi connectivity index (χ1) is 9.56. The third kappa shape index (κ3) is 2.41. The third-order valence-corrected chi connectivity index (χ3v) is 5.28. The fraction of sp³-hybridized carbons (Fsp3) is 0.538. The predicted octanol–water partition coefficient (Wildman–Crippen LogP) is 2.77. The summed E-state index contributed by atoms with van der Waals surface area (Å²) in [5.41, 5.74) is 8.08. The number of nitrogen functional groups attached to an aromatic ring is 1. The molecule has 0 aromatic carbocycles. The Morgan fingerprint density at radius 2 is 2.25 bits per heavy atom. The van der Waals surface area contributed by atoms with Crippen LogP contribution in [-0.2, 0) is 4.74 Å². The molecule has 0 saturated carbocycles. The van der Waals surface area contributed by atoms with E-state index in [9.17, 15) is 0 Å². The quantitative estimate of drug-likeness (QED) is 0.924. The van der Waals surface area contributed by atoms with E-state index in [1.807, 2.05) is 12.3 Å². The molecule has 0 aliphatic carbocycles. The molecule has 0 bridgehead atoms. The average molecular weight is 310 g/mol. The highest BCUT2D eigenvalue weighted by molar-refractivity contribution is 7.15. The molecular weight excluding hydrogens is 292 g/mol. The van der Waals surface area contributed by atoms with Crippen LogP contribution >= 0.6 is 22.9 Å². The fourth-order valence-electron chi connectivity index (χ4n) is 2.35. The van der Waals surface area contributed by atoms with Gasteiger partial charge in [0.05, 0.1) is 24.3 Å². The van der Waals surface area contributed by atoms with Crippen LogP contribution in [0.3, 0.4) is 0 Å². The number of morpholine rings is 1. The maximum atomic E-state index is 6.08. The lowest BCUT2D eigenvalue weighted by Crippen LogP contribution is -2.47. The Morgan fingerprint density at radius 3 is 2.95 bits per heavy atom. The molecule has 1 fully saturated rings. The number of anilines is 2. The fourth-order valence-corrected chi connectivity index (χ4v) is 4.19. The van der Waals surface area contributed by atoms with Crippen molar-refractivity contribution >= 4 is 33.7 Å². The maximum Gasteiger partial charge on any atom is 0.149 e. The van der Waals surface area contributed by atoms with Gasteiger partial charge in [0.15, 0.2) is 0 Å². The summed E-state index contributed by atoms with van der Waals surface area (Å²) < 4.78 is 10.0. The Hall–Kier alpha value is -1.18. The molecule has 5 nitrogen and oxygen atoms in total. The third-order valence-electron chi connectivity index (χ3n) is 3.40. The number of rotatable bonds is 2. The minimum atomic E-state index is 0.223. The van der Waals surface area contributed by atoms with E-state index >= 15 is 0 Å². The van der Waals surface area contributed by atoms with E-state index in [0.717, 1.165) is 34.4 Å². The van der Waals surface area contributed by atoms with E-state index in [4.69, 9.17) is 10.5 Å². The van der Waals surface area contributed by atoms with Crippen LogP contribution in [0.4, 0.5) is 10.8 Å². The number of hydrogen-bond acceptors (Lipinski definition) is 7. The molecule has 20 heavy (non-hydrogen) atoms. The van der Waals surface area contributed by atoms with Crippen molar-refractivity contribution in [2.24, 2.45) is 0 Å². The molecule has 2 unspecified atom stereocenters. The Bertz CT molecular complexity index is 609. The minimum absolute atomic E-state index is 0.223. The van der Waals surface area contributed by atoms with Crippen LogP contribution in [0.5, 0.6) is 0 Å². The minimum Gasteiger partial charge on any atom is -0.382 e. The second-order valence-corrected chi connectivity index (χ2v) is 6.80. The van der Waals surface area contributed by atoms with Gasteiger partial charge in [-0.3, -0.25) is 0 Å². The molecule has 3 rings (SSSR count). The summed E-state index contributed by atoms with van der Waals surface area (Å²) in [5.74, 6) is 0.575. The van der Waals surface area contributed by atoms with Gasteiger partial charge in [-0.25, -0.2) is 4.98 Å². The zero-order chi connectivity index (χ0) is 14.3. The molecule has 1 saturated heterocycles. The van der Waals surface area contributed by atoms with Gasteiger partial charge in [-0.2, -0.15) is 4.37 Å². The van der Waals surface area contributed by atoms with Crippen molar-refractivity contribution in [2.75, 3.05) is 23.8 Å². The first-order valence-electron chi connectivity index (χ1n) is 6.62. The van der Waals surface area contributed by atoms with Crippen molar-refractivity contribution in [1.29, 1.82) is 0 Å². The topological polar surface area (TPSA) is 64.3 Å². The molecule has 3 heterocycles. The van der Waals surface area contributed by atoms with Crippen LogP contribution in [0, 0.1) is 6.92 Å². The number of nitrogens with two attached hydrogens (primary N) is 1. The van der Waals surface area contributed by atoms with Gasteiger partial charge in [0.1, 0.15) is 15.8 Å². The first kappa shape index (κ1) is 13.8. The number of hydrogen-bond donors (Lipinski definition) is 1. The summed E-state index contributed by atoms with van der Waals surface area (Å²) >= 11 is 3.07. The van der Waals surface area contributed by atoms with Crippen LogP contribution in [0.2, 0.25) is 0 Å². The van der Waals surface area contributed by atoms with Crippen LogP contribution in [0.15, 0.2) is 5.38 Å². The molecular formula is C13H18N4OS2. The van der Waals surface area contributed by atoms with Crippen molar-refractivity contribution in [3.63, 3.8) is 0 Å². The maximum absolute atomic E-state index is 6.08. The van der Waals surface area contributed by atoms with Gasteiger partial charge >= 0.3 is 0 Å². The number of aryl methyl sites for hydroxylation is 1. The predicted molar refractivity (Wildman–Crippen MR) is 84.6 cm³/mol. The van der Waals surface area contributed by atoms with Gasteiger partial charge < -0.3 is 15.4 Å². The molecule has 0 amide bonds. The van der Waals surface area contributed by atoms with Gasteiger partial charge in [-0.15, -0.1) is 11.3 Å². The standard InChI is InChI=1S/C13H18N4OS2/c1-7-6-19-12(15-7)10-11(14)16-20-13(10)17-4-9(3)18-5-8(17)2/h6,8-9H,4-5H2,1-3H3,(H2,14,16). The molecule has 7 heteroatoms. The van der Waals surface area contributed by atoms with Gasteiger partial charge in [-0.05, 0) is 32.3 Å². The summed E-state index contributed by atoms with van der Waals surface area (Å²) in [5, 5.41) is 4.11. The second-order valence-electron chi connectivity index (χ2n) is 5.19. The van der Waals surface area contributed by atoms with E-state index in [0.29, 0.717) is 11.9 Å². The highest BCUT2D eigenvalue weighted by Gasteiger charge is 2.29. The Labute approximate surface area is 126 Å². The van der Waals surface area contributed by atoms with E-state index in [2.05, 4.69) is 28.1 Å². The van der Waals surface area contributed by atoms with E-state index in [1.165, 1.54) is 11.5 Å². The summed E-state index contributed by atoms with van der Waals surface area (Å²) in [6, 6.07) is 0.325. The average Bonchev–Trinajstić information content (AvgIpc) is 2.98. The zero-order valence-corrected chi connectivity index (χ0v) is 13.4. The number of aromatic nitrogens is 2. The summed E-state index contributed by atoms with van der Waals surface area (Å²) in [6.45, 7) is 7.85. The molecule has 2 aromatic heterocycles. The Balaban J connectivity index is 2.02. The Kier molecular flexibility index (Phi) is 3.66. The molecule has 1 aliphatic rings. The molecule has 108 valence electrons. The second kappa shape index (κ2) is 5.31. The lowest BCUT2D eigenvalue weighted by Gasteiger charge is -2.37. The van der Waals surface area contributed by atoms with Gasteiger partial charge in [0.25, 0.3) is 0 Å². The largest absolute Gasteiger partial charge is 0.382 e. The smallest absolute Gasteiger partial charge is 0.149 e. The van der Waals surface area contributed by atoms with Crippen molar-refractivity contribution in [3.8, 4) is 10.6 Å². The first-order valence-corrected chi connectivity index (χ1v) is 8.27. The van der Waals surface area contributed by atoms with E-state index in [1.54, 1.807) is 11.3 Å². The lowest BCUT2D eigenvalue weighted by molar-refractivity contribution is 0.0347. The van der Waals surface area contributed by atoms with Gasteiger partial charge in [0.2, 0.25) is 0 Å². The van der Waals surface area contributed by atoms with Crippen molar-refractivity contribution < 1.29 is 4.74 Å². The summed E-state index contributed by atoms with van der Waals surface area (Å²) in [7, 11) is 0. The number of thiazole rings is 1. The molecule has 0 spiro atoms. The highest BCUT2D eigenvalue weighted by atomic mass is 32.1. The van der Waals surface area contributed by atoms with Gasteiger partial charge in [-0.1, -0.05) is 0 Å².